The van der Waals surface area contributed by atoms with E-state index in [4.69, 9.17) is 5.73 Å². The van der Waals surface area contributed by atoms with Crippen LogP contribution in [0.4, 0.5) is 0 Å². The zero-order valence-electron chi connectivity index (χ0n) is 14.9. The molecule has 23 heavy (non-hydrogen) atoms. The Hall–Kier alpha value is -1.35. The third kappa shape index (κ3) is 3.16. The molecule has 1 aromatic rings. The predicted octanol–water partition coefficient (Wildman–Crippen LogP) is 3.75. The van der Waals surface area contributed by atoms with E-state index < -0.39 is 0 Å². The van der Waals surface area contributed by atoms with Crippen LogP contribution in [0.3, 0.4) is 0 Å². The van der Waals surface area contributed by atoms with Gasteiger partial charge in [0.2, 0.25) is 5.91 Å². The van der Waals surface area contributed by atoms with Gasteiger partial charge < -0.3 is 10.6 Å². The van der Waals surface area contributed by atoms with Gasteiger partial charge in [0.05, 0.1) is 5.92 Å². The van der Waals surface area contributed by atoms with Crippen LogP contribution in [0.1, 0.15) is 58.6 Å². The summed E-state index contributed by atoms with van der Waals surface area (Å²) in [7, 11) is 0. The minimum absolute atomic E-state index is 0.177. The van der Waals surface area contributed by atoms with Crippen molar-refractivity contribution in [2.75, 3.05) is 6.54 Å². The Kier molecular flexibility index (Phi) is 4.04. The summed E-state index contributed by atoms with van der Waals surface area (Å²) >= 11 is 0. The lowest BCUT2D eigenvalue weighted by molar-refractivity contribution is -0.136. The van der Waals surface area contributed by atoms with E-state index in [2.05, 4.69) is 25.7 Å². The summed E-state index contributed by atoms with van der Waals surface area (Å²) in [5, 5.41) is 0. The van der Waals surface area contributed by atoms with E-state index in [0.717, 1.165) is 24.9 Å². The number of nitrogens with two attached hydrogens (primary N) is 1. The van der Waals surface area contributed by atoms with Gasteiger partial charge in [-0.05, 0) is 35.7 Å². The van der Waals surface area contributed by atoms with Crippen molar-refractivity contribution >= 4 is 5.91 Å². The zero-order chi connectivity index (χ0) is 16.8. The van der Waals surface area contributed by atoms with Crippen molar-refractivity contribution in [3.05, 3.63) is 35.9 Å². The van der Waals surface area contributed by atoms with E-state index in [9.17, 15) is 4.79 Å². The third-order valence-corrected chi connectivity index (χ3v) is 5.81. The highest BCUT2D eigenvalue weighted by Gasteiger charge is 2.51. The molecule has 1 aliphatic heterocycles. The molecule has 2 bridgehead atoms. The van der Waals surface area contributed by atoms with Crippen molar-refractivity contribution in [3.8, 4) is 0 Å². The molecule has 3 nitrogen and oxygen atoms in total. The summed E-state index contributed by atoms with van der Waals surface area (Å²) in [6.07, 6.45) is 3.47. The van der Waals surface area contributed by atoms with E-state index in [1.807, 2.05) is 37.3 Å². The average Bonchev–Trinajstić information content (AvgIpc) is 2.75. The molecule has 4 atom stereocenters. The minimum atomic E-state index is -0.232. The summed E-state index contributed by atoms with van der Waals surface area (Å²) in [5.74, 6) is 0.0521. The van der Waals surface area contributed by atoms with Crippen molar-refractivity contribution in [1.82, 2.24) is 4.90 Å². The molecule has 1 saturated heterocycles. The largest absolute Gasteiger partial charge is 0.339 e. The van der Waals surface area contributed by atoms with E-state index in [1.165, 1.54) is 6.42 Å². The molecular weight excluding hydrogens is 284 g/mol. The second-order valence-electron chi connectivity index (χ2n) is 8.91. The molecule has 1 amide bonds. The van der Waals surface area contributed by atoms with Gasteiger partial charge in [0.15, 0.2) is 0 Å². The number of hydrogen-bond donors (Lipinski definition) is 1. The molecule has 2 fully saturated rings. The van der Waals surface area contributed by atoms with Crippen LogP contribution in [0, 0.1) is 16.7 Å². The highest BCUT2D eigenvalue weighted by Crippen LogP contribution is 2.52. The van der Waals surface area contributed by atoms with Gasteiger partial charge in [0.25, 0.3) is 0 Å². The number of carbonyl (C=O) groups excluding carboxylic acids is 1. The van der Waals surface area contributed by atoms with Crippen LogP contribution in [0.15, 0.2) is 30.3 Å². The van der Waals surface area contributed by atoms with Crippen LogP contribution >= 0.6 is 0 Å². The van der Waals surface area contributed by atoms with Crippen molar-refractivity contribution < 1.29 is 4.79 Å². The van der Waals surface area contributed by atoms with Crippen LogP contribution in [0.25, 0.3) is 0 Å². The number of amides is 1. The average molecular weight is 314 g/mol. The van der Waals surface area contributed by atoms with Crippen molar-refractivity contribution in [2.45, 2.75) is 59.0 Å². The van der Waals surface area contributed by atoms with Gasteiger partial charge >= 0.3 is 0 Å². The summed E-state index contributed by atoms with van der Waals surface area (Å²) in [6, 6.07) is 10.1. The van der Waals surface area contributed by atoms with Gasteiger partial charge in [0, 0.05) is 18.6 Å². The van der Waals surface area contributed by atoms with Crippen molar-refractivity contribution in [2.24, 2.45) is 22.5 Å². The van der Waals surface area contributed by atoms with Crippen LogP contribution in [0.2, 0.25) is 0 Å². The Bertz CT molecular complexity index is 583. The van der Waals surface area contributed by atoms with Gasteiger partial charge in [-0.3, -0.25) is 4.79 Å². The number of rotatable bonds is 3. The van der Waals surface area contributed by atoms with Crippen LogP contribution in [-0.4, -0.2) is 23.4 Å². The van der Waals surface area contributed by atoms with E-state index in [1.54, 1.807) is 0 Å². The third-order valence-electron chi connectivity index (χ3n) is 5.81. The number of carbonyl (C=O) groups is 1. The summed E-state index contributed by atoms with van der Waals surface area (Å²) in [4.78, 5) is 15.2. The number of hydrogen-bond acceptors (Lipinski definition) is 2. The quantitative estimate of drug-likeness (QED) is 0.923. The van der Waals surface area contributed by atoms with Gasteiger partial charge in [-0.15, -0.1) is 0 Å². The second-order valence-corrected chi connectivity index (χ2v) is 8.91. The van der Waals surface area contributed by atoms with Crippen LogP contribution in [0.5, 0.6) is 0 Å². The lowest BCUT2D eigenvalue weighted by Gasteiger charge is -2.39. The standard InChI is InChI=1S/C20H30N2O/c1-14(17(21)15-8-6-5-7-9-15)18(23)22-13-20(4)11-16(22)10-19(2,3)12-20/h5-9,14,16-17H,10-13,21H2,1-4H3. The smallest absolute Gasteiger partial charge is 0.227 e. The van der Waals surface area contributed by atoms with Crippen molar-refractivity contribution in [1.29, 1.82) is 0 Å². The highest BCUT2D eigenvalue weighted by molar-refractivity contribution is 5.80. The normalized spacial score (nSPS) is 31.7. The minimum Gasteiger partial charge on any atom is -0.339 e. The van der Waals surface area contributed by atoms with E-state index in [-0.39, 0.29) is 23.3 Å². The van der Waals surface area contributed by atoms with E-state index in [0.29, 0.717) is 11.5 Å². The molecular formula is C20H30N2O. The van der Waals surface area contributed by atoms with Gasteiger partial charge in [0.1, 0.15) is 0 Å². The van der Waals surface area contributed by atoms with Gasteiger partial charge in [-0.2, -0.15) is 0 Å². The Morgan fingerprint density at radius 2 is 1.87 bits per heavy atom. The van der Waals surface area contributed by atoms with Gasteiger partial charge in [-0.25, -0.2) is 0 Å². The Balaban J connectivity index is 1.76. The number of fused-ring (bicyclic) bond motifs is 2. The number of benzene rings is 1. The first-order valence-electron chi connectivity index (χ1n) is 8.82. The summed E-state index contributed by atoms with van der Waals surface area (Å²) in [5.41, 5.74) is 8.03. The zero-order valence-corrected chi connectivity index (χ0v) is 14.9. The molecule has 1 saturated carbocycles. The molecule has 3 rings (SSSR count). The maximum atomic E-state index is 13.1. The lowest BCUT2D eigenvalue weighted by atomic mass is 9.65. The summed E-state index contributed by atoms with van der Waals surface area (Å²) < 4.78 is 0. The summed E-state index contributed by atoms with van der Waals surface area (Å²) in [6.45, 7) is 9.90. The number of likely N-dealkylation sites (tertiary alicyclic amines) is 1. The molecule has 0 spiro atoms. The lowest BCUT2D eigenvalue weighted by Crippen LogP contribution is -2.43. The monoisotopic (exact) mass is 314 g/mol. The Labute approximate surface area is 140 Å². The number of nitrogens with zero attached hydrogens (tertiary/aromatic N) is 1. The maximum absolute atomic E-state index is 13.1. The fourth-order valence-corrected chi connectivity index (χ4v) is 5.10. The molecule has 0 radical (unpaired) electrons. The first-order valence-corrected chi connectivity index (χ1v) is 8.82. The molecule has 1 aliphatic carbocycles. The SMILES string of the molecule is CC(C(=O)N1CC2(C)CC1CC(C)(C)C2)C(N)c1ccccc1. The van der Waals surface area contributed by atoms with Crippen molar-refractivity contribution in [3.63, 3.8) is 0 Å². The fraction of sp³-hybridized carbons (Fsp3) is 0.650. The maximum Gasteiger partial charge on any atom is 0.227 e. The highest BCUT2D eigenvalue weighted by atomic mass is 16.2. The predicted molar refractivity (Wildman–Crippen MR) is 93.8 cm³/mol. The first-order chi connectivity index (χ1) is 10.7. The van der Waals surface area contributed by atoms with Crippen LogP contribution in [-0.2, 0) is 4.79 Å². The molecule has 2 N–H and O–H groups in total. The van der Waals surface area contributed by atoms with Crippen LogP contribution < -0.4 is 5.73 Å². The Morgan fingerprint density at radius 3 is 2.52 bits per heavy atom. The fourth-order valence-electron chi connectivity index (χ4n) is 5.10. The molecule has 0 aromatic heterocycles. The first kappa shape index (κ1) is 16.5. The molecule has 2 aliphatic rings. The molecule has 3 heteroatoms. The Morgan fingerprint density at radius 1 is 1.22 bits per heavy atom. The topological polar surface area (TPSA) is 46.3 Å². The molecule has 1 aromatic carbocycles. The second kappa shape index (κ2) is 5.62. The molecule has 4 unspecified atom stereocenters. The van der Waals surface area contributed by atoms with Gasteiger partial charge in [-0.1, -0.05) is 58.0 Å². The molecule has 126 valence electrons. The van der Waals surface area contributed by atoms with E-state index >= 15 is 0 Å². The molecule has 1 heterocycles.